The van der Waals surface area contributed by atoms with E-state index in [0.29, 0.717) is 16.9 Å². The number of thiocarbonyl (C=S) groups is 1. The van der Waals surface area contributed by atoms with Crippen molar-refractivity contribution >= 4 is 82.2 Å². The third-order valence-corrected chi connectivity index (χ3v) is 9.08. The number of benzene rings is 2. The number of anilines is 2. The summed E-state index contributed by atoms with van der Waals surface area (Å²) in [5, 5.41) is 59.8. The summed E-state index contributed by atoms with van der Waals surface area (Å²) in [6.07, 6.45) is 0.213. The Hall–Kier alpha value is -6.80. The first-order valence-corrected chi connectivity index (χ1v) is 19.4. The highest BCUT2D eigenvalue weighted by Crippen LogP contribution is 2.18. The Balaban J connectivity index is 2.03. The van der Waals surface area contributed by atoms with Crippen LogP contribution in [0.2, 0.25) is 0 Å². The number of aliphatic carboxylic acids is 5. The fourth-order valence-corrected chi connectivity index (χ4v) is 6.42. The van der Waals surface area contributed by atoms with Gasteiger partial charge in [-0.2, -0.15) is 0 Å². The zero-order valence-electron chi connectivity index (χ0n) is 34.2. The molecule has 0 saturated heterocycles. The predicted octanol–water partition coefficient (Wildman–Crippen LogP) is -3.37. The molecule has 3 atom stereocenters. The van der Waals surface area contributed by atoms with Crippen molar-refractivity contribution in [3.05, 3.63) is 59.7 Å². The number of amides is 4. The van der Waals surface area contributed by atoms with Gasteiger partial charge in [-0.1, -0.05) is 24.3 Å². The summed E-state index contributed by atoms with van der Waals surface area (Å²) in [6, 6.07) is 10.4. The fraction of sp³-hybridized carbons (Fsp3) is 0.421. The van der Waals surface area contributed by atoms with E-state index < -0.39 is 117 Å². The number of nitrogens with one attached hydrogen (secondary N) is 5. The molecule has 2 rings (SSSR count). The van der Waals surface area contributed by atoms with Gasteiger partial charge in [0.2, 0.25) is 23.6 Å². The van der Waals surface area contributed by atoms with Gasteiger partial charge in [0.05, 0.1) is 58.4 Å². The molecular formula is C38H52N10O14S. The second-order valence-electron chi connectivity index (χ2n) is 14.2. The van der Waals surface area contributed by atoms with E-state index in [2.05, 4.69) is 26.6 Å². The molecule has 4 amide bonds. The van der Waals surface area contributed by atoms with Crippen molar-refractivity contribution in [1.82, 2.24) is 36.0 Å². The molecule has 14 N–H and O–H groups in total. The van der Waals surface area contributed by atoms with Crippen LogP contribution in [0, 0.1) is 0 Å². The molecule has 0 aliphatic heterocycles. The predicted molar refractivity (Wildman–Crippen MR) is 227 cm³/mol. The van der Waals surface area contributed by atoms with Gasteiger partial charge in [-0.3, -0.25) is 63.2 Å². The van der Waals surface area contributed by atoms with Gasteiger partial charge in [0.1, 0.15) is 0 Å². The maximum Gasteiger partial charge on any atom is 0.317 e. The minimum Gasteiger partial charge on any atom is -0.480 e. The Morgan fingerprint density at radius 2 is 1.06 bits per heavy atom. The van der Waals surface area contributed by atoms with Crippen molar-refractivity contribution in [2.24, 2.45) is 5.73 Å². The molecule has 0 aliphatic carbocycles. The first-order valence-electron chi connectivity index (χ1n) is 19.0. The number of nitrogens with zero attached hydrogens (tertiary/aromatic N) is 3. The summed E-state index contributed by atoms with van der Waals surface area (Å²) in [4.78, 5) is 111. The van der Waals surface area contributed by atoms with E-state index in [4.69, 9.17) is 23.7 Å². The van der Waals surface area contributed by atoms with E-state index in [1.165, 1.54) is 11.8 Å². The van der Waals surface area contributed by atoms with Crippen molar-refractivity contribution in [3.63, 3.8) is 0 Å². The smallest absolute Gasteiger partial charge is 0.317 e. The number of carboxylic acid groups (broad SMARTS) is 5. The van der Waals surface area contributed by atoms with Crippen LogP contribution in [-0.4, -0.2) is 182 Å². The number of nitrogens with two attached hydrogens (primary N) is 2. The second-order valence-corrected chi connectivity index (χ2v) is 14.6. The van der Waals surface area contributed by atoms with E-state index in [-0.39, 0.29) is 37.6 Å². The van der Waals surface area contributed by atoms with Crippen LogP contribution in [0.3, 0.4) is 0 Å². The molecule has 0 radical (unpaired) electrons. The lowest BCUT2D eigenvalue weighted by Crippen LogP contribution is -2.55. The van der Waals surface area contributed by atoms with E-state index in [9.17, 15) is 68.7 Å². The molecule has 0 spiro atoms. The van der Waals surface area contributed by atoms with Gasteiger partial charge in [0.25, 0.3) is 0 Å². The minimum absolute atomic E-state index is 0.0156. The van der Waals surface area contributed by atoms with Crippen molar-refractivity contribution < 1.29 is 68.7 Å². The SMILES string of the molecule is C[C@@H](CN(CC(=O)O)CC(=O)O)N(CC(=O)O)[C@H](Cc1ccc(NC(=S)NC(=O)CNC(=O)CNC(=O)CNC(Cc2ccc(N)cc2)C(N)=O)cc1)CN(CC(=O)O)CC(=O)O. The molecule has 344 valence electrons. The molecule has 0 heterocycles. The Bertz CT molecular complexity index is 1920. The van der Waals surface area contributed by atoms with Gasteiger partial charge in [-0.15, -0.1) is 0 Å². The second kappa shape index (κ2) is 26.5. The van der Waals surface area contributed by atoms with Crippen molar-refractivity contribution in [3.8, 4) is 0 Å². The van der Waals surface area contributed by atoms with Crippen LogP contribution in [0.15, 0.2) is 48.5 Å². The zero-order chi connectivity index (χ0) is 47.2. The third kappa shape index (κ3) is 22.0. The molecule has 63 heavy (non-hydrogen) atoms. The summed E-state index contributed by atoms with van der Waals surface area (Å²) >= 11 is 5.20. The molecular weight excluding hydrogens is 853 g/mol. The van der Waals surface area contributed by atoms with Gasteiger partial charge in [-0.05, 0) is 67.4 Å². The van der Waals surface area contributed by atoms with Crippen molar-refractivity contribution in [2.75, 3.05) is 76.5 Å². The number of primary amides is 1. The topological polar surface area (TPSA) is 377 Å². The van der Waals surface area contributed by atoms with Crippen LogP contribution in [0.5, 0.6) is 0 Å². The van der Waals surface area contributed by atoms with Gasteiger partial charge >= 0.3 is 29.8 Å². The maximum absolute atomic E-state index is 12.5. The summed E-state index contributed by atoms with van der Waals surface area (Å²) in [7, 11) is 0. The van der Waals surface area contributed by atoms with Crippen molar-refractivity contribution in [2.45, 2.75) is 37.9 Å². The summed E-state index contributed by atoms with van der Waals surface area (Å²) < 4.78 is 0. The Morgan fingerprint density at radius 3 is 1.56 bits per heavy atom. The number of nitrogen functional groups attached to an aromatic ring is 1. The monoisotopic (exact) mass is 904 g/mol. The molecule has 0 fully saturated rings. The van der Waals surface area contributed by atoms with Gasteiger partial charge < -0.3 is 58.3 Å². The molecule has 24 nitrogen and oxygen atoms in total. The van der Waals surface area contributed by atoms with E-state index in [0.717, 1.165) is 15.4 Å². The molecule has 0 aromatic heterocycles. The van der Waals surface area contributed by atoms with Gasteiger partial charge in [-0.25, -0.2) is 0 Å². The lowest BCUT2D eigenvalue weighted by atomic mass is 10.0. The lowest BCUT2D eigenvalue weighted by Gasteiger charge is -2.39. The largest absolute Gasteiger partial charge is 0.480 e. The van der Waals surface area contributed by atoms with E-state index >= 15 is 0 Å². The van der Waals surface area contributed by atoms with Crippen LogP contribution in [0.25, 0.3) is 0 Å². The quantitative estimate of drug-likeness (QED) is 0.0280. The first kappa shape index (κ1) is 52.3. The molecule has 0 aliphatic rings. The number of carbonyl (C=O) groups is 9. The lowest BCUT2D eigenvalue weighted by molar-refractivity contribution is -0.144. The third-order valence-electron chi connectivity index (χ3n) is 8.88. The normalized spacial score (nSPS) is 12.4. The van der Waals surface area contributed by atoms with Crippen LogP contribution in [0.1, 0.15) is 18.1 Å². The molecule has 2 aromatic rings. The molecule has 0 saturated carbocycles. The Kier molecular flexibility index (Phi) is 22.0. The maximum atomic E-state index is 12.5. The summed E-state index contributed by atoms with van der Waals surface area (Å²) in [5.74, 6) is -9.39. The molecule has 2 aromatic carbocycles. The average Bonchev–Trinajstić information content (AvgIpc) is 3.16. The van der Waals surface area contributed by atoms with Crippen LogP contribution >= 0.6 is 12.2 Å². The van der Waals surface area contributed by atoms with E-state index in [1.54, 1.807) is 48.5 Å². The first-order chi connectivity index (χ1) is 29.6. The number of carboxylic acids is 5. The van der Waals surface area contributed by atoms with Crippen molar-refractivity contribution in [1.29, 1.82) is 0 Å². The van der Waals surface area contributed by atoms with Gasteiger partial charge in [0, 0.05) is 36.5 Å². The highest BCUT2D eigenvalue weighted by atomic mass is 32.1. The van der Waals surface area contributed by atoms with E-state index in [1.807, 2.05) is 0 Å². The minimum atomic E-state index is -1.35. The number of carbonyl (C=O) groups excluding carboxylic acids is 4. The van der Waals surface area contributed by atoms with Crippen LogP contribution in [0.4, 0.5) is 11.4 Å². The Labute approximate surface area is 365 Å². The average molecular weight is 905 g/mol. The summed E-state index contributed by atoms with van der Waals surface area (Å²) in [6.45, 7) is -3.71. The zero-order valence-corrected chi connectivity index (χ0v) is 35.0. The standard InChI is InChI=1S/C38H52N10O14S/c1-22(15-46(17-32(52)53)18-33(54)55)48(21-36(60)61)27(16-47(19-34(56)57)20-35(58)59)10-23-4-8-26(9-5-23)44-38(63)45-31(51)14-43-30(50)13-42-29(49)12-41-28(37(40)62)11-24-2-6-25(39)7-3-24/h2-9,22,27-28,41H,10-21,39H2,1H3,(H2,40,62)(H,42,49)(H,43,50)(H,52,53)(H,54,55)(H,56,57)(H,58,59)(H,60,61)(H2,44,45,51,63)/t22-,27+,28?/m0/s1. The van der Waals surface area contributed by atoms with Crippen LogP contribution < -0.4 is 38.1 Å². The Morgan fingerprint density at radius 1 is 0.619 bits per heavy atom. The number of hydrogen-bond acceptors (Lipinski definition) is 15. The van der Waals surface area contributed by atoms with Gasteiger partial charge in [0.15, 0.2) is 5.11 Å². The fourth-order valence-electron chi connectivity index (χ4n) is 6.19. The molecule has 25 heteroatoms. The highest BCUT2D eigenvalue weighted by molar-refractivity contribution is 7.80. The van der Waals surface area contributed by atoms with Crippen LogP contribution in [-0.2, 0) is 56.0 Å². The molecule has 1 unspecified atom stereocenters. The molecule has 0 bridgehead atoms. The number of hydrogen-bond donors (Lipinski definition) is 12. The number of rotatable bonds is 29. The highest BCUT2D eigenvalue weighted by Gasteiger charge is 2.31. The summed E-state index contributed by atoms with van der Waals surface area (Å²) in [5.41, 5.74) is 13.3.